The molecule has 0 aromatic heterocycles. The molecule has 0 amide bonds. The molecule has 3 rings (SSSR count). The number of guanidine groups is 1. The van der Waals surface area contributed by atoms with Crippen LogP contribution < -0.4 is 10.6 Å². The van der Waals surface area contributed by atoms with Crippen molar-refractivity contribution in [3.63, 3.8) is 0 Å². The molecular weight excluding hydrogens is 286 g/mol. The van der Waals surface area contributed by atoms with E-state index in [0.29, 0.717) is 18.2 Å². The van der Waals surface area contributed by atoms with Crippen LogP contribution in [0.25, 0.3) is 0 Å². The largest absolute Gasteiger partial charge is 0.373 e. The van der Waals surface area contributed by atoms with Crippen LogP contribution in [-0.4, -0.2) is 37.8 Å². The van der Waals surface area contributed by atoms with Gasteiger partial charge < -0.3 is 15.4 Å². The van der Waals surface area contributed by atoms with Gasteiger partial charge in [0.1, 0.15) is 0 Å². The highest BCUT2D eigenvalue weighted by Crippen LogP contribution is 2.34. The lowest BCUT2D eigenvalue weighted by Crippen LogP contribution is -2.47. The van der Waals surface area contributed by atoms with Crippen molar-refractivity contribution in [2.45, 2.75) is 43.9 Å². The van der Waals surface area contributed by atoms with Crippen LogP contribution in [0, 0.1) is 0 Å². The average molecular weight is 308 g/mol. The summed E-state index contributed by atoms with van der Waals surface area (Å²) in [6, 6.07) is 8.35. The maximum Gasteiger partial charge on any atom is 0.191 e. The molecule has 3 unspecified atom stereocenters. The lowest BCUT2D eigenvalue weighted by atomic mass is 9.96. The minimum absolute atomic E-state index is 0.358. The molecule has 3 atom stereocenters. The number of hydrogen-bond donors (Lipinski definition) is 2. The van der Waals surface area contributed by atoms with Crippen molar-refractivity contribution in [2.75, 3.05) is 13.6 Å². The summed E-state index contributed by atoms with van der Waals surface area (Å²) in [6.07, 6.45) is 5.16. The fourth-order valence-electron chi connectivity index (χ4n) is 3.18. The van der Waals surface area contributed by atoms with Gasteiger partial charge in [-0.2, -0.15) is 0 Å². The van der Waals surface area contributed by atoms with Gasteiger partial charge in [-0.15, -0.1) is 0 Å². The summed E-state index contributed by atoms with van der Waals surface area (Å²) >= 11 is 6.16. The summed E-state index contributed by atoms with van der Waals surface area (Å²) in [5.74, 6) is 0.850. The molecule has 21 heavy (non-hydrogen) atoms. The Kier molecular flexibility index (Phi) is 4.66. The molecule has 114 valence electrons. The van der Waals surface area contributed by atoms with E-state index in [1.54, 1.807) is 7.05 Å². The Bertz CT molecular complexity index is 520. The molecule has 2 aliphatic heterocycles. The van der Waals surface area contributed by atoms with Gasteiger partial charge in [0.2, 0.25) is 0 Å². The molecule has 0 aliphatic carbocycles. The Morgan fingerprint density at radius 3 is 2.90 bits per heavy atom. The van der Waals surface area contributed by atoms with E-state index in [2.05, 4.69) is 21.7 Å². The van der Waals surface area contributed by atoms with E-state index in [0.717, 1.165) is 35.9 Å². The minimum atomic E-state index is 0.358. The lowest BCUT2D eigenvalue weighted by molar-refractivity contribution is 0.0992. The summed E-state index contributed by atoms with van der Waals surface area (Å²) in [4.78, 5) is 4.29. The van der Waals surface area contributed by atoms with Crippen LogP contribution >= 0.6 is 11.6 Å². The van der Waals surface area contributed by atoms with Gasteiger partial charge in [-0.25, -0.2) is 0 Å². The highest BCUT2D eigenvalue weighted by atomic mass is 35.5. The molecule has 0 saturated carbocycles. The molecule has 2 N–H and O–H groups in total. The van der Waals surface area contributed by atoms with Crippen LogP contribution in [0.1, 0.15) is 24.8 Å². The number of fused-ring (bicyclic) bond motifs is 2. The van der Waals surface area contributed by atoms with Gasteiger partial charge in [-0.05, 0) is 37.3 Å². The van der Waals surface area contributed by atoms with Crippen molar-refractivity contribution < 1.29 is 4.74 Å². The molecule has 5 heteroatoms. The molecule has 1 aromatic rings. The second kappa shape index (κ2) is 6.67. The fourth-order valence-corrected chi connectivity index (χ4v) is 3.41. The summed E-state index contributed by atoms with van der Waals surface area (Å²) < 4.78 is 5.86. The third kappa shape index (κ3) is 3.50. The van der Waals surface area contributed by atoms with E-state index in [9.17, 15) is 0 Å². The highest BCUT2D eigenvalue weighted by molar-refractivity contribution is 6.31. The van der Waals surface area contributed by atoms with E-state index >= 15 is 0 Å². The maximum absolute atomic E-state index is 6.16. The predicted molar refractivity (Wildman–Crippen MR) is 86.0 cm³/mol. The molecule has 1 aromatic carbocycles. The summed E-state index contributed by atoms with van der Waals surface area (Å²) in [7, 11) is 1.80. The Morgan fingerprint density at radius 1 is 1.38 bits per heavy atom. The van der Waals surface area contributed by atoms with Crippen LogP contribution in [0.3, 0.4) is 0 Å². The molecule has 2 aliphatic rings. The van der Waals surface area contributed by atoms with Crippen LogP contribution in [0.2, 0.25) is 5.02 Å². The monoisotopic (exact) mass is 307 g/mol. The standard InChI is InChI=1S/C16H22ClN3O/c1-18-16(20-14-10-12-6-7-15(14)21-12)19-9-8-11-4-2-3-5-13(11)17/h2-5,12,14-15H,6-10H2,1H3,(H2,18,19,20). The van der Waals surface area contributed by atoms with Gasteiger partial charge in [0.15, 0.2) is 5.96 Å². The maximum atomic E-state index is 6.16. The Morgan fingerprint density at radius 2 is 2.24 bits per heavy atom. The van der Waals surface area contributed by atoms with Crippen LogP contribution in [0.4, 0.5) is 0 Å². The van der Waals surface area contributed by atoms with Crippen molar-refractivity contribution in [1.82, 2.24) is 10.6 Å². The number of aliphatic imine (C=N–C) groups is 1. The van der Waals surface area contributed by atoms with Gasteiger partial charge in [-0.3, -0.25) is 4.99 Å². The SMILES string of the molecule is CN=C(NCCc1ccccc1Cl)NC1CC2CCC1O2. The third-order valence-corrected chi connectivity index (χ3v) is 4.67. The quantitative estimate of drug-likeness (QED) is 0.663. The normalized spacial score (nSPS) is 27.9. The van der Waals surface area contributed by atoms with E-state index < -0.39 is 0 Å². The zero-order valence-corrected chi connectivity index (χ0v) is 13.1. The van der Waals surface area contributed by atoms with Crippen LogP contribution in [-0.2, 0) is 11.2 Å². The minimum Gasteiger partial charge on any atom is -0.373 e. The average Bonchev–Trinajstić information content (AvgIpc) is 3.10. The summed E-state index contributed by atoms with van der Waals surface area (Å²) in [6.45, 7) is 0.811. The first-order valence-electron chi connectivity index (χ1n) is 7.62. The number of benzene rings is 1. The summed E-state index contributed by atoms with van der Waals surface area (Å²) in [5.41, 5.74) is 1.16. The number of nitrogens with zero attached hydrogens (tertiary/aromatic N) is 1. The van der Waals surface area contributed by atoms with Gasteiger partial charge in [0, 0.05) is 18.6 Å². The van der Waals surface area contributed by atoms with Crippen LogP contribution in [0.5, 0.6) is 0 Å². The fraction of sp³-hybridized carbons (Fsp3) is 0.562. The second-order valence-electron chi connectivity index (χ2n) is 5.70. The Balaban J connectivity index is 1.46. The van der Waals surface area contributed by atoms with Gasteiger partial charge >= 0.3 is 0 Å². The first-order chi connectivity index (χ1) is 10.3. The van der Waals surface area contributed by atoms with Crippen molar-refractivity contribution >= 4 is 17.6 Å². The lowest BCUT2D eigenvalue weighted by Gasteiger charge is -2.22. The van der Waals surface area contributed by atoms with E-state index in [1.165, 1.54) is 12.8 Å². The van der Waals surface area contributed by atoms with E-state index in [4.69, 9.17) is 16.3 Å². The number of hydrogen-bond acceptors (Lipinski definition) is 2. The van der Waals surface area contributed by atoms with Crippen molar-refractivity contribution in [1.29, 1.82) is 0 Å². The first kappa shape index (κ1) is 14.7. The third-order valence-electron chi connectivity index (χ3n) is 4.30. The van der Waals surface area contributed by atoms with Crippen molar-refractivity contribution in [2.24, 2.45) is 4.99 Å². The molecule has 4 nitrogen and oxygen atoms in total. The molecule has 2 fully saturated rings. The number of nitrogens with one attached hydrogen (secondary N) is 2. The van der Waals surface area contributed by atoms with Crippen LogP contribution in [0.15, 0.2) is 29.3 Å². The molecular formula is C16H22ClN3O. The second-order valence-corrected chi connectivity index (χ2v) is 6.11. The molecule has 2 saturated heterocycles. The van der Waals surface area contributed by atoms with Gasteiger partial charge in [0.05, 0.1) is 18.2 Å². The Hall–Kier alpha value is -1.26. The topological polar surface area (TPSA) is 45.7 Å². The van der Waals surface area contributed by atoms with Gasteiger partial charge in [0.25, 0.3) is 0 Å². The van der Waals surface area contributed by atoms with E-state index in [-0.39, 0.29) is 0 Å². The smallest absolute Gasteiger partial charge is 0.191 e. The number of rotatable bonds is 4. The first-order valence-corrected chi connectivity index (χ1v) is 8.00. The molecule has 2 bridgehead atoms. The zero-order valence-electron chi connectivity index (χ0n) is 12.3. The number of ether oxygens (including phenoxy) is 1. The molecule has 0 radical (unpaired) electrons. The zero-order chi connectivity index (χ0) is 14.7. The number of halogens is 1. The predicted octanol–water partition coefficient (Wildman–Crippen LogP) is 2.37. The van der Waals surface area contributed by atoms with Gasteiger partial charge in [-0.1, -0.05) is 29.8 Å². The van der Waals surface area contributed by atoms with E-state index in [1.807, 2.05) is 18.2 Å². The molecule has 0 spiro atoms. The summed E-state index contributed by atoms with van der Waals surface area (Å²) in [5, 5.41) is 7.66. The molecule has 2 heterocycles. The van der Waals surface area contributed by atoms with Crippen molar-refractivity contribution in [3.05, 3.63) is 34.9 Å². The van der Waals surface area contributed by atoms with Crippen molar-refractivity contribution in [3.8, 4) is 0 Å². The Labute approximate surface area is 130 Å². The highest BCUT2D eigenvalue weighted by Gasteiger charge is 2.41.